The molecule has 1 unspecified atom stereocenters. The van der Waals surface area contributed by atoms with Gasteiger partial charge in [-0.05, 0) is 6.42 Å². The van der Waals surface area contributed by atoms with Crippen molar-refractivity contribution >= 4 is 5.91 Å². The maximum absolute atomic E-state index is 11.7. The average Bonchev–Trinajstić information content (AvgIpc) is 2.11. The van der Waals surface area contributed by atoms with Crippen LogP contribution in [-0.4, -0.2) is 36.1 Å². The minimum atomic E-state index is -2.85. The first-order valence-corrected chi connectivity index (χ1v) is 3.98. The zero-order chi connectivity index (χ0) is 10.4. The first-order chi connectivity index (χ1) is 5.99. The Morgan fingerprint density at radius 3 is 2.54 bits per heavy atom. The highest BCUT2D eigenvalue weighted by molar-refractivity contribution is 5.81. The maximum Gasteiger partial charge on any atom is 0.265 e. The monoisotopic (exact) mass is 196 g/mol. The lowest BCUT2D eigenvalue weighted by molar-refractivity contribution is -0.123. The van der Waals surface area contributed by atoms with Gasteiger partial charge < -0.3 is 16.2 Å². The molecule has 0 aromatic heterocycles. The minimum absolute atomic E-state index is 0.427. The number of carbonyl (C=O) groups is 1. The van der Waals surface area contributed by atoms with Crippen LogP contribution in [0.3, 0.4) is 0 Å². The lowest BCUT2D eigenvalue weighted by Gasteiger charge is -2.13. The molecule has 0 fully saturated rings. The number of hydrogen-bond acceptors (Lipinski definition) is 3. The van der Waals surface area contributed by atoms with Gasteiger partial charge in [0.25, 0.3) is 6.43 Å². The van der Waals surface area contributed by atoms with Crippen molar-refractivity contribution in [3.05, 3.63) is 0 Å². The number of alkyl halides is 2. The molecule has 0 bridgehead atoms. The van der Waals surface area contributed by atoms with E-state index in [2.05, 4.69) is 5.32 Å². The van der Waals surface area contributed by atoms with Crippen molar-refractivity contribution in [3.8, 4) is 0 Å². The third kappa shape index (κ3) is 4.74. The number of aliphatic hydroxyl groups excluding tert-OH is 1. The van der Waals surface area contributed by atoms with Crippen molar-refractivity contribution in [3.63, 3.8) is 0 Å². The van der Waals surface area contributed by atoms with E-state index in [4.69, 9.17) is 10.8 Å². The molecule has 0 heterocycles. The molecule has 0 spiro atoms. The number of carbonyl (C=O) groups excluding carboxylic acids is 1. The van der Waals surface area contributed by atoms with Crippen LogP contribution in [0.4, 0.5) is 8.78 Å². The van der Waals surface area contributed by atoms with Crippen molar-refractivity contribution in [1.82, 2.24) is 5.32 Å². The molecule has 0 aliphatic rings. The summed E-state index contributed by atoms with van der Waals surface area (Å²) >= 11 is 0. The molecule has 0 aliphatic carbocycles. The molecule has 78 valence electrons. The van der Waals surface area contributed by atoms with Crippen molar-refractivity contribution in [1.29, 1.82) is 0 Å². The van der Waals surface area contributed by atoms with Gasteiger partial charge in [0.2, 0.25) is 5.91 Å². The molecular formula is C7H14F2N2O2. The van der Waals surface area contributed by atoms with E-state index in [0.717, 1.165) is 0 Å². The minimum Gasteiger partial charge on any atom is -0.385 e. The number of aliphatic hydroxyl groups is 1. The molecule has 0 saturated carbocycles. The molecular weight excluding hydrogens is 182 g/mol. The number of nitrogens with two attached hydrogens (primary N) is 1. The molecule has 0 saturated heterocycles. The normalized spacial score (nSPS) is 15.5. The van der Waals surface area contributed by atoms with Gasteiger partial charge >= 0.3 is 0 Å². The zero-order valence-electron chi connectivity index (χ0n) is 7.34. The van der Waals surface area contributed by atoms with Gasteiger partial charge in [0, 0.05) is 6.54 Å². The molecule has 0 radical (unpaired) electrons. The number of nitrogens with one attached hydrogen (secondary N) is 1. The van der Waals surface area contributed by atoms with Gasteiger partial charge in [-0.1, -0.05) is 6.92 Å². The van der Waals surface area contributed by atoms with E-state index in [0.29, 0.717) is 6.42 Å². The van der Waals surface area contributed by atoms with E-state index >= 15 is 0 Å². The summed E-state index contributed by atoms with van der Waals surface area (Å²) in [5, 5.41) is 10.7. The molecule has 2 atom stereocenters. The van der Waals surface area contributed by atoms with Gasteiger partial charge in [-0.2, -0.15) is 0 Å². The molecule has 0 rings (SSSR count). The Balaban J connectivity index is 3.70. The Bertz CT molecular complexity index is 167. The van der Waals surface area contributed by atoms with Crippen molar-refractivity contribution in [2.24, 2.45) is 5.73 Å². The largest absolute Gasteiger partial charge is 0.385 e. The fourth-order valence-corrected chi connectivity index (χ4v) is 0.611. The lowest BCUT2D eigenvalue weighted by Crippen LogP contribution is -2.44. The average molecular weight is 196 g/mol. The Kier molecular flexibility index (Phi) is 5.48. The second kappa shape index (κ2) is 5.82. The summed E-state index contributed by atoms with van der Waals surface area (Å²) in [6, 6.07) is -0.704. The summed E-state index contributed by atoms with van der Waals surface area (Å²) in [7, 11) is 0. The van der Waals surface area contributed by atoms with Gasteiger partial charge in [0.1, 0.15) is 6.10 Å². The third-order valence-electron chi connectivity index (χ3n) is 1.55. The van der Waals surface area contributed by atoms with Crippen LogP contribution in [0.25, 0.3) is 0 Å². The SMILES string of the molecule is CC[C@H](N)C(=O)NCC(O)C(F)F. The summed E-state index contributed by atoms with van der Waals surface area (Å²) in [5.74, 6) is -0.526. The molecule has 1 amide bonds. The van der Waals surface area contributed by atoms with Crippen LogP contribution >= 0.6 is 0 Å². The number of hydrogen-bond donors (Lipinski definition) is 3. The van der Waals surface area contributed by atoms with Crippen LogP contribution in [0.1, 0.15) is 13.3 Å². The second-order valence-electron chi connectivity index (χ2n) is 2.66. The summed E-state index contributed by atoms with van der Waals surface area (Å²) in [6.45, 7) is 1.23. The van der Waals surface area contributed by atoms with E-state index in [-0.39, 0.29) is 0 Å². The Labute approximate surface area is 75.1 Å². The maximum atomic E-state index is 11.7. The van der Waals surface area contributed by atoms with Gasteiger partial charge in [0.05, 0.1) is 6.04 Å². The molecule has 0 aromatic carbocycles. The number of amides is 1. The molecule has 0 aliphatic heterocycles. The Morgan fingerprint density at radius 2 is 2.15 bits per heavy atom. The fourth-order valence-electron chi connectivity index (χ4n) is 0.611. The van der Waals surface area contributed by atoms with E-state index in [1.165, 1.54) is 0 Å². The quantitative estimate of drug-likeness (QED) is 0.553. The standard InChI is InChI=1S/C7H14F2N2O2/c1-2-4(10)7(13)11-3-5(12)6(8)9/h4-6,12H,2-3,10H2,1H3,(H,11,13)/t4-,5?/m0/s1. The first kappa shape index (κ1) is 12.2. The molecule has 6 heteroatoms. The number of halogens is 2. The molecule has 13 heavy (non-hydrogen) atoms. The van der Waals surface area contributed by atoms with Crippen molar-refractivity contribution in [2.75, 3.05) is 6.54 Å². The topological polar surface area (TPSA) is 75.4 Å². The summed E-state index contributed by atoms with van der Waals surface area (Å²) in [4.78, 5) is 10.9. The third-order valence-corrected chi connectivity index (χ3v) is 1.55. The van der Waals surface area contributed by atoms with Crippen LogP contribution in [-0.2, 0) is 4.79 Å². The number of rotatable bonds is 5. The zero-order valence-corrected chi connectivity index (χ0v) is 7.34. The molecule has 0 aromatic rings. The van der Waals surface area contributed by atoms with Crippen molar-refractivity contribution < 1.29 is 18.7 Å². The smallest absolute Gasteiger partial charge is 0.265 e. The highest BCUT2D eigenvalue weighted by Crippen LogP contribution is 1.98. The van der Waals surface area contributed by atoms with Gasteiger partial charge in [-0.3, -0.25) is 4.79 Å². The Hall–Kier alpha value is -0.750. The van der Waals surface area contributed by atoms with Crippen molar-refractivity contribution in [2.45, 2.75) is 31.9 Å². The summed E-state index contributed by atoms with van der Waals surface area (Å²) < 4.78 is 23.5. The van der Waals surface area contributed by atoms with Gasteiger partial charge in [-0.25, -0.2) is 8.78 Å². The fraction of sp³-hybridized carbons (Fsp3) is 0.857. The van der Waals surface area contributed by atoms with Crippen LogP contribution in [0, 0.1) is 0 Å². The van der Waals surface area contributed by atoms with E-state index in [9.17, 15) is 13.6 Å². The van der Waals surface area contributed by atoms with E-state index in [1.54, 1.807) is 6.92 Å². The highest BCUT2D eigenvalue weighted by atomic mass is 19.3. The summed E-state index contributed by atoms with van der Waals surface area (Å²) in [5.41, 5.74) is 5.30. The predicted octanol–water partition coefficient (Wildman–Crippen LogP) is -0.534. The van der Waals surface area contributed by atoms with E-state index in [1.807, 2.05) is 0 Å². The lowest BCUT2D eigenvalue weighted by atomic mass is 10.2. The first-order valence-electron chi connectivity index (χ1n) is 3.98. The Morgan fingerprint density at radius 1 is 1.62 bits per heavy atom. The van der Waals surface area contributed by atoms with E-state index < -0.39 is 31.0 Å². The van der Waals surface area contributed by atoms with Crippen LogP contribution in [0.2, 0.25) is 0 Å². The van der Waals surface area contributed by atoms with Gasteiger partial charge in [0.15, 0.2) is 0 Å². The summed E-state index contributed by atoms with van der Waals surface area (Å²) in [6.07, 6.45) is -4.25. The van der Waals surface area contributed by atoms with Crippen LogP contribution < -0.4 is 11.1 Å². The molecule has 4 N–H and O–H groups in total. The molecule has 4 nitrogen and oxygen atoms in total. The second-order valence-corrected chi connectivity index (χ2v) is 2.66. The van der Waals surface area contributed by atoms with Crippen LogP contribution in [0.5, 0.6) is 0 Å². The highest BCUT2D eigenvalue weighted by Gasteiger charge is 2.18. The van der Waals surface area contributed by atoms with Crippen LogP contribution in [0.15, 0.2) is 0 Å². The predicted molar refractivity (Wildman–Crippen MR) is 43.3 cm³/mol. The van der Waals surface area contributed by atoms with Gasteiger partial charge in [-0.15, -0.1) is 0 Å².